The summed E-state index contributed by atoms with van der Waals surface area (Å²) in [5.41, 5.74) is 7.99. The smallest absolute Gasteiger partial charge is 0.380 e. The predicted molar refractivity (Wildman–Crippen MR) is 172 cm³/mol. The number of rotatable bonds is 5. The Morgan fingerprint density at radius 3 is 1.86 bits per heavy atom. The van der Waals surface area contributed by atoms with E-state index in [0.29, 0.717) is 40.0 Å². The van der Waals surface area contributed by atoms with E-state index in [1.54, 1.807) is 37.4 Å². The number of Topliss-reactive ketones (excluding diaryl/α,β-unsaturated/α-hetero) is 2. The van der Waals surface area contributed by atoms with Crippen LogP contribution in [0, 0.1) is 25.8 Å². The molecule has 0 atom stereocenters. The fourth-order valence-corrected chi connectivity index (χ4v) is 3.76. The number of benzene rings is 2. The molecule has 2 aromatic carbocycles. The molecule has 3 aromatic rings. The zero-order valence-electron chi connectivity index (χ0n) is 27.2. The minimum Gasteiger partial charge on any atom is -0.380 e. The van der Waals surface area contributed by atoms with Gasteiger partial charge in [-0.15, -0.1) is 6.07 Å². The van der Waals surface area contributed by atoms with E-state index in [2.05, 4.69) is 38.7 Å². The van der Waals surface area contributed by atoms with Crippen LogP contribution in [0.3, 0.4) is 0 Å². The van der Waals surface area contributed by atoms with Gasteiger partial charge in [-0.2, -0.15) is 38.1 Å². The third-order valence-electron chi connectivity index (χ3n) is 5.74. The van der Waals surface area contributed by atoms with Crippen molar-refractivity contribution < 1.29 is 74.1 Å². The van der Waals surface area contributed by atoms with Crippen molar-refractivity contribution in [1.29, 1.82) is 0 Å². The summed E-state index contributed by atoms with van der Waals surface area (Å²) in [4.78, 5) is 24.6. The number of pyridine rings is 1. The Morgan fingerprint density at radius 2 is 1.57 bits per heavy atom. The van der Waals surface area contributed by atoms with Gasteiger partial charge in [-0.25, -0.2) is 0 Å². The summed E-state index contributed by atoms with van der Waals surface area (Å²) in [7, 11) is 0. The van der Waals surface area contributed by atoms with Crippen molar-refractivity contribution >= 4 is 23.2 Å². The Labute approximate surface area is 310 Å². The number of ketones is 2. The number of aromatic nitrogens is 1. The summed E-state index contributed by atoms with van der Waals surface area (Å²) < 4.78 is 39.1. The molecule has 0 amide bonds. The molecule has 1 aromatic heterocycles. The molecule has 0 radical (unpaired) electrons. The maximum Gasteiger partial charge on any atom is 1.00 e. The normalized spacial score (nSPS) is 11.5. The monoisotopic (exact) mass is 656 g/mol. The van der Waals surface area contributed by atoms with E-state index in [9.17, 15) is 22.8 Å². The second-order valence-corrected chi connectivity index (χ2v) is 10.4. The van der Waals surface area contributed by atoms with Crippen LogP contribution in [0.2, 0.25) is 5.02 Å². The molecule has 44 heavy (non-hydrogen) atoms. The number of halogens is 4. The molecule has 0 spiro atoms. The van der Waals surface area contributed by atoms with Crippen LogP contribution in [-0.2, 0) is 17.5 Å². The molecule has 238 valence electrons. The first-order valence-corrected chi connectivity index (χ1v) is 14.7. The molecule has 1 saturated carbocycles. The molecule has 9 heteroatoms. The quantitative estimate of drug-likeness (QED) is 0.180. The van der Waals surface area contributed by atoms with Gasteiger partial charge in [0.2, 0.25) is 0 Å². The first-order chi connectivity index (χ1) is 20.2. The van der Waals surface area contributed by atoms with Crippen LogP contribution in [0.1, 0.15) is 100 Å². The molecule has 4 nitrogen and oxygen atoms in total. The molecule has 0 unspecified atom stereocenters. The van der Waals surface area contributed by atoms with E-state index in [0.717, 1.165) is 37.3 Å². The summed E-state index contributed by atoms with van der Waals surface area (Å²) in [6.07, 6.45) is 1.36. The molecule has 1 heterocycles. The van der Waals surface area contributed by atoms with Crippen molar-refractivity contribution in [1.82, 2.24) is 4.98 Å². The third-order valence-corrected chi connectivity index (χ3v) is 6.13. The maximum absolute atomic E-state index is 13.0. The largest absolute Gasteiger partial charge is 1.00 e. The van der Waals surface area contributed by atoms with Gasteiger partial charge in [0.1, 0.15) is 11.6 Å². The number of carbonyl (C=O) groups is 2. The molecular weight excluding hydrogens is 612 g/mol. The fraction of sp³-hybridized carbons (Fsp3) is 0.400. The van der Waals surface area contributed by atoms with Gasteiger partial charge in [0.15, 0.2) is 0 Å². The summed E-state index contributed by atoms with van der Waals surface area (Å²) >= 11 is 6.04. The second kappa shape index (κ2) is 23.9. The van der Waals surface area contributed by atoms with Crippen molar-refractivity contribution in [2.75, 3.05) is 0 Å². The Balaban J connectivity index is 0. The number of alkyl halides is 3. The third kappa shape index (κ3) is 17.3. The van der Waals surface area contributed by atoms with Crippen molar-refractivity contribution in [2.24, 2.45) is 11.7 Å². The minimum absolute atomic E-state index is 0. The van der Waals surface area contributed by atoms with E-state index in [4.69, 9.17) is 17.3 Å². The molecule has 0 saturated heterocycles. The number of nitrogens with zero attached hydrogens (tertiary/aromatic N) is 1. The number of nitrogens with two attached hydrogens (primary N) is 1. The predicted octanol–water partition coefficient (Wildman–Crippen LogP) is 7.14. The molecular formula is C35H45ClF3KN2O2-2. The average molecular weight is 657 g/mol. The van der Waals surface area contributed by atoms with E-state index in [-0.39, 0.29) is 68.7 Å². The van der Waals surface area contributed by atoms with Crippen LogP contribution < -0.4 is 57.1 Å². The van der Waals surface area contributed by atoms with Crippen LogP contribution in [0.25, 0.3) is 11.1 Å². The van der Waals surface area contributed by atoms with Crippen LogP contribution >= 0.6 is 11.6 Å². The van der Waals surface area contributed by atoms with Gasteiger partial charge in [0, 0.05) is 18.0 Å². The first kappa shape index (κ1) is 44.7. The summed E-state index contributed by atoms with van der Waals surface area (Å²) in [5, 5.41) is -0.298. The molecule has 1 aliphatic rings. The number of hydrogen-bond donors (Lipinski definition) is 1. The number of hydrogen-bond acceptors (Lipinski definition) is 4. The van der Waals surface area contributed by atoms with E-state index < -0.39 is 11.7 Å². The molecule has 2 N–H and O–H groups in total. The van der Waals surface area contributed by atoms with Crippen LogP contribution in [0.15, 0.2) is 54.7 Å². The Kier molecular flexibility index (Phi) is 24.3. The fourth-order valence-electron chi connectivity index (χ4n) is 3.36. The van der Waals surface area contributed by atoms with Gasteiger partial charge in [0.05, 0.1) is 10.6 Å². The van der Waals surface area contributed by atoms with Gasteiger partial charge in [-0.1, -0.05) is 75.8 Å². The molecule has 1 aliphatic carbocycles. The SMILES string of the molecule is CC(=O)C1CC1.CC(=O)c1c[c-]ccn1.CC(C)c1ccc(-c2c(CN)ccc(C(F)(F)F)c2Cl)cc1.[CH2-]CC.[CH2-]CC.[K+]. The summed E-state index contributed by atoms with van der Waals surface area (Å²) in [6, 6.07) is 15.7. The van der Waals surface area contributed by atoms with Gasteiger partial charge in [0.25, 0.3) is 0 Å². The Hall–Kier alpha value is -1.39. The Bertz CT molecular complexity index is 1230. The Morgan fingerprint density at radius 1 is 1.05 bits per heavy atom. The summed E-state index contributed by atoms with van der Waals surface area (Å²) in [6.45, 7) is 18.4. The molecule has 0 aliphatic heterocycles. The van der Waals surface area contributed by atoms with Gasteiger partial charge in [-0.05, 0) is 61.1 Å². The maximum atomic E-state index is 13.0. The minimum atomic E-state index is -4.49. The molecule has 0 bridgehead atoms. The number of carbonyl (C=O) groups excluding carboxylic acids is 2. The van der Waals surface area contributed by atoms with Crippen molar-refractivity contribution in [3.05, 3.63) is 102 Å². The van der Waals surface area contributed by atoms with E-state index in [1.807, 2.05) is 26.0 Å². The van der Waals surface area contributed by atoms with E-state index >= 15 is 0 Å². The van der Waals surface area contributed by atoms with Gasteiger partial charge < -0.3 is 29.4 Å². The van der Waals surface area contributed by atoms with Gasteiger partial charge >= 0.3 is 57.6 Å². The van der Waals surface area contributed by atoms with E-state index in [1.165, 1.54) is 13.0 Å². The van der Waals surface area contributed by atoms with Crippen molar-refractivity contribution in [3.63, 3.8) is 0 Å². The van der Waals surface area contributed by atoms with Crippen LogP contribution in [-0.4, -0.2) is 16.6 Å². The standard InChI is InChI=1S/C17H17ClF3N.C7H6NO.C5H8O.2C3H7.K/c1-10(2)11-3-5-12(6-4-11)15-13(9-22)7-8-14(16(15)18)17(19,20)21;1-6(9)7-4-2-3-5-8-7;1-4(6)5-2-3-5;2*1-3-2;/h3-8,10H,9,22H2,1-2H3;3-5H,1H3;5H,2-3H2,1H3;2*1,3H2,2H3;/q;-1;;2*-1;+1. The topological polar surface area (TPSA) is 73.0 Å². The average Bonchev–Trinajstić information content (AvgIpc) is 3.80. The van der Waals surface area contributed by atoms with Crippen molar-refractivity contribution in [3.8, 4) is 11.1 Å². The van der Waals surface area contributed by atoms with Crippen LogP contribution in [0.5, 0.6) is 0 Å². The first-order valence-electron chi connectivity index (χ1n) is 14.3. The molecule has 1 fully saturated rings. The molecule has 4 rings (SSSR count). The van der Waals surface area contributed by atoms with Crippen molar-refractivity contribution in [2.45, 2.75) is 85.9 Å². The zero-order valence-corrected chi connectivity index (χ0v) is 31.0. The van der Waals surface area contributed by atoms with Gasteiger partial charge in [-0.3, -0.25) is 4.79 Å². The second-order valence-electron chi connectivity index (χ2n) is 10.0. The zero-order chi connectivity index (χ0) is 33.2. The van der Waals surface area contributed by atoms with Crippen LogP contribution in [0.4, 0.5) is 13.2 Å². The summed E-state index contributed by atoms with van der Waals surface area (Å²) in [5.74, 6) is 1.16.